The van der Waals surface area contributed by atoms with Gasteiger partial charge in [-0.1, -0.05) is 42.1 Å². The summed E-state index contributed by atoms with van der Waals surface area (Å²) in [6.45, 7) is 3.20. The second-order valence-electron chi connectivity index (χ2n) is 2.58. The molecule has 5 heteroatoms. The molecule has 15 heavy (non-hydrogen) atoms. The molecular formula is C10H9ClO2S2. The van der Waals surface area contributed by atoms with Gasteiger partial charge in [0, 0.05) is 15.7 Å². The lowest BCUT2D eigenvalue weighted by Gasteiger charge is -1.97. The largest absolute Gasteiger partial charge is 0.220 e. The SMILES string of the molecule is C=CS(=O)(=O)/C=C/Sc1ccccc1Cl. The first-order valence-corrected chi connectivity index (χ1v) is 6.87. The highest BCUT2D eigenvalue weighted by Gasteiger charge is 1.99. The number of hydrogen-bond acceptors (Lipinski definition) is 3. The number of halogens is 1. The molecule has 1 aromatic rings. The summed E-state index contributed by atoms with van der Waals surface area (Å²) < 4.78 is 22.0. The number of sulfone groups is 1. The van der Waals surface area contributed by atoms with Crippen LogP contribution < -0.4 is 0 Å². The normalized spacial score (nSPS) is 11.8. The van der Waals surface area contributed by atoms with E-state index in [1.165, 1.54) is 17.2 Å². The van der Waals surface area contributed by atoms with E-state index >= 15 is 0 Å². The van der Waals surface area contributed by atoms with Gasteiger partial charge in [-0.2, -0.15) is 0 Å². The average molecular weight is 261 g/mol. The fraction of sp³-hybridized carbons (Fsp3) is 0. The zero-order chi connectivity index (χ0) is 11.3. The Labute approximate surface area is 98.6 Å². The Morgan fingerprint density at radius 3 is 2.60 bits per heavy atom. The molecule has 0 amide bonds. The standard InChI is InChI=1S/C10H9ClO2S2/c1-2-15(12,13)8-7-14-10-6-4-3-5-9(10)11/h2-8H,1H2/b8-7+. The number of thioether (sulfide) groups is 1. The molecule has 0 aromatic heterocycles. The summed E-state index contributed by atoms with van der Waals surface area (Å²) in [4.78, 5) is 0.815. The predicted octanol–water partition coefficient (Wildman–Crippen LogP) is 3.46. The van der Waals surface area contributed by atoms with Crippen molar-refractivity contribution in [2.45, 2.75) is 4.90 Å². The summed E-state index contributed by atoms with van der Waals surface area (Å²) in [5.41, 5.74) is 0. The summed E-state index contributed by atoms with van der Waals surface area (Å²) in [6, 6.07) is 7.22. The molecule has 0 aliphatic heterocycles. The van der Waals surface area contributed by atoms with Crippen molar-refractivity contribution in [2.75, 3.05) is 0 Å². The minimum absolute atomic E-state index is 0.600. The Hall–Kier alpha value is -0.710. The molecule has 0 aliphatic carbocycles. The van der Waals surface area contributed by atoms with Crippen LogP contribution >= 0.6 is 23.4 Å². The van der Waals surface area contributed by atoms with Gasteiger partial charge in [0.25, 0.3) is 0 Å². The van der Waals surface area contributed by atoms with E-state index in [2.05, 4.69) is 6.58 Å². The molecule has 2 nitrogen and oxygen atoms in total. The van der Waals surface area contributed by atoms with Crippen molar-refractivity contribution in [2.24, 2.45) is 0 Å². The number of benzene rings is 1. The summed E-state index contributed by atoms with van der Waals surface area (Å²) >= 11 is 7.13. The fourth-order valence-corrected chi connectivity index (χ4v) is 2.48. The highest BCUT2D eigenvalue weighted by Crippen LogP contribution is 2.27. The van der Waals surface area contributed by atoms with E-state index in [9.17, 15) is 8.42 Å². The summed E-state index contributed by atoms with van der Waals surface area (Å²) in [7, 11) is -3.28. The van der Waals surface area contributed by atoms with Gasteiger partial charge in [0.15, 0.2) is 9.84 Å². The molecule has 0 saturated carbocycles. The Morgan fingerprint density at radius 1 is 1.33 bits per heavy atom. The number of rotatable bonds is 4. The molecule has 0 aliphatic rings. The van der Waals surface area contributed by atoms with Crippen LogP contribution in [0.1, 0.15) is 0 Å². The quantitative estimate of drug-likeness (QED) is 0.778. The van der Waals surface area contributed by atoms with Crippen LogP contribution in [-0.2, 0) is 9.84 Å². The Kier molecular flexibility index (Phi) is 4.45. The van der Waals surface area contributed by atoms with Crippen LogP contribution in [0.25, 0.3) is 0 Å². The van der Waals surface area contributed by atoms with Crippen LogP contribution in [0.4, 0.5) is 0 Å². The van der Waals surface area contributed by atoms with Crippen LogP contribution in [0.2, 0.25) is 5.02 Å². The van der Waals surface area contributed by atoms with Crippen LogP contribution in [0.3, 0.4) is 0 Å². The van der Waals surface area contributed by atoms with Gasteiger partial charge in [0.05, 0.1) is 5.02 Å². The summed E-state index contributed by atoms with van der Waals surface area (Å²) in [5, 5.41) is 4.06. The van der Waals surface area contributed by atoms with E-state index in [1.807, 2.05) is 18.2 Å². The van der Waals surface area contributed by atoms with Crippen molar-refractivity contribution >= 4 is 33.2 Å². The van der Waals surface area contributed by atoms with Crippen molar-refractivity contribution in [1.29, 1.82) is 0 Å². The van der Waals surface area contributed by atoms with E-state index in [1.54, 1.807) is 6.07 Å². The molecule has 1 aromatic carbocycles. The van der Waals surface area contributed by atoms with E-state index in [0.717, 1.165) is 15.7 Å². The lowest BCUT2D eigenvalue weighted by Crippen LogP contribution is -1.85. The summed E-state index contributed by atoms with van der Waals surface area (Å²) in [6.07, 6.45) is 0. The van der Waals surface area contributed by atoms with Crippen molar-refractivity contribution in [3.8, 4) is 0 Å². The highest BCUT2D eigenvalue weighted by molar-refractivity contribution is 8.03. The van der Waals surface area contributed by atoms with Gasteiger partial charge in [-0.15, -0.1) is 0 Å². The van der Waals surface area contributed by atoms with Gasteiger partial charge in [-0.25, -0.2) is 8.42 Å². The molecule has 0 bridgehead atoms. The molecule has 0 N–H and O–H groups in total. The minimum atomic E-state index is -3.28. The average Bonchev–Trinajstić information content (AvgIpc) is 2.21. The van der Waals surface area contributed by atoms with Gasteiger partial charge in [0.2, 0.25) is 0 Å². The third-order valence-electron chi connectivity index (χ3n) is 1.51. The molecule has 80 valence electrons. The van der Waals surface area contributed by atoms with Crippen molar-refractivity contribution in [1.82, 2.24) is 0 Å². The molecular weight excluding hydrogens is 252 g/mol. The third kappa shape index (κ3) is 4.11. The van der Waals surface area contributed by atoms with E-state index < -0.39 is 9.84 Å². The lowest BCUT2D eigenvalue weighted by atomic mass is 10.4. The van der Waals surface area contributed by atoms with Crippen molar-refractivity contribution < 1.29 is 8.42 Å². The lowest BCUT2D eigenvalue weighted by molar-refractivity contribution is 0.613. The Morgan fingerprint density at radius 2 is 2.00 bits per heavy atom. The fourth-order valence-electron chi connectivity index (χ4n) is 0.774. The molecule has 0 spiro atoms. The molecule has 0 saturated heterocycles. The zero-order valence-corrected chi connectivity index (χ0v) is 10.1. The van der Waals surface area contributed by atoms with Crippen LogP contribution in [0.15, 0.2) is 52.0 Å². The second kappa shape index (κ2) is 5.39. The third-order valence-corrected chi connectivity index (χ3v) is 3.99. The molecule has 1 rings (SSSR count). The van der Waals surface area contributed by atoms with Crippen LogP contribution in [0.5, 0.6) is 0 Å². The second-order valence-corrected chi connectivity index (χ2v) is 5.71. The van der Waals surface area contributed by atoms with Gasteiger partial charge in [-0.05, 0) is 17.5 Å². The maximum atomic E-state index is 11.0. The first kappa shape index (κ1) is 12.4. The van der Waals surface area contributed by atoms with Gasteiger partial charge >= 0.3 is 0 Å². The maximum Gasteiger partial charge on any atom is 0.192 e. The Balaban J connectivity index is 2.74. The molecule has 0 unspecified atom stereocenters. The van der Waals surface area contributed by atoms with Crippen LogP contribution in [0, 0.1) is 0 Å². The smallest absolute Gasteiger partial charge is 0.192 e. The van der Waals surface area contributed by atoms with Crippen LogP contribution in [-0.4, -0.2) is 8.42 Å². The Bertz CT molecular complexity index is 478. The van der Waals surface area contributed by atoms with E-state index in [-0.39, 0.29) is 0 Å². The number of hydrogen-bond donors (Lipinski definition) is 0. The van der Waals surface area contributed by atoms with E-state index in [4.69, 9.17) is 11.6 Å². The van der Waals surface area contributed by atoms with Gasteiger partial charge in [-0.3, -0.25) is 0 Å². The minimum Gasteiger partial charge on any atom is -0.220 e. The topological polar surface area (TPSA) is 34.1 Å². The van der Waals surface area contributed by atoms with Gasteiger partial charge in [0.1, 0.15) is 0 Å². The predicted molar refractivity (Wildman–Crippen MR) is 65.6 cm³/mol. The molecule has 0 radical (unpaired) electrons. The van der Waals surface area contributed by atoms with Gasteiger partial charge < -0.3 is 0 Å². The zero-order valence-electron chi connectivity index (χ0n) is 7.76. The van der Waals surface area contributed by atoms with Crippen molar-refractivity contribution in [3.05, 3.63) is 52.1 Å². The maximum absolute atomic E-state index is 11.0. The molecule has 0 atom stereocenters. The van der Waals surface area contributed by atoms with E-state index in [0.29, 0.717) is 5.02 Å². The van der Waals surface area contributed by atoms with Crippen molar-refractivity contribution in [3.63, 3.8) is 0 Å². The summed E-state index contributed by atoms with van der Waals surface area (Å²) in [5.74, 6) is 0. The first-order chi connectivity index (χ1) is 7.05. The first-order valence-electron chi connectivity index (χ1n) is 4.00. The molecule has 0 fully saturated rings. The highest BCUT2D eigenvalue weighted by atomic mass is 35.5. The molecule has 0 heterocycles. The monoisotopic (exact) mass is 260 g/mol.